The van der Waals surface area contributed by atoms with Gasteiger partial charge in [0.15, 0.2) is 0 Å². The number of carbonyl (C=O) groups excluding carboxylic acids is 1. The van der Waals surface area contributed by atoms with E-state index in [1.54, 1.807) is 6.07 Å². The average molecular weight is 291 g/mol. The van der Waals surface area contributed by atoms with Crippen molar-refractivity contribution in [3.63, 3.8) is 0 Å². The van der Waals surface area contributed by atoms with E-state index >= 15 is 0 Å². The molecule has 1 aromatic rings. The maximum Gasteiger partial charge on any atom is 0.241 e. The molecule has 5 nitrogen and oxygen atoms in total. The van der Waals surface area contributed by atoms with E-state index in [1.165, 1.54) is 0 Å². The van der Waals surface area contributed by atoms with Gasteiger partial charge in [-0.3, -0.25) is 9.69 Å². The minimum atomic E-state index is -0.318. The van der Waals surface area contributed by atoms with E-state index in [-0.39, 0.29) is 24.0 Å². The lowest BCUT2D eigenvalue weighted by atomic mass is 10.0. The van der Waals surface area contributed by atoms with Gasteiger partial charge in [0, 0.05) is 17.9 Å². The summed E-state index contributed by atoms with van der Waals surface area (Å²) in [4.78, 5) is 14.5. The predicted molar refractivity (Wildman–Crippen MR) is 85.0 cm³/mol. The molecule has 1 aliphatic heterocycles. The molecule has 0 spiro atoms. The topological polar surface area (TPSA) is 78.6 Å². The second-order valence-electron chi connectivity index (χ2n) is 6.02. The van der Waals surface area contributed by atoms with E-state index in [4.69, 9.17) is 5.73 Å². The first-order chi connectivity index (χ1) is 9.88. The predicted octanol–water partition coefficient (Wildman–Crippen LogP) is 1.61. The van der Waals surface area contributed by atoms with Crippen LogP contribution in [0.3, 0.4) is 0 Å². The number of carbonyl (C=O) groups is 1. The van der Waals surface area contributed by atoms with Crippen molar-refractivity contribution in [1.29, 1.82) is 0 Å². The fourth-order valence-electron chi connectivity index (χ4n) is 2.74. The first-order valence-electron chi connectivity index (χ1n) is 7.47. The van der Waals surface area contributed by atoms with Gasteiger partial charge >= 0.3 is 0 Å². The van der Waals surface area contributed by atoms with Gasteiger partial charge in [-0.15, -0.1) is 0 Å². The van der Waals surface area contributed by atoms with Gasteiger partial charge in [-0.1, -0.05) is 6.07 Å². The van der Waals surface area contributed by atoms with Crippen LogP contribution in [0.25, 0.3) is 0 Å². The van der Waals surface area contributed by atoms with Crippen molar-refractivity contribution in [2.24, 2.45) is 5.92 Å². The number of hydrogen-bond donors (Lipinski definition) is 3. The zero-order valence-electron chi connectivity index (χ0n) is 13.0. The number of nitrogen functional groups attached to an aromatic ring is 1. The van der Waals surface area contributed by atoms with E-state index < -0.39 is 0 Å². The highest BCUT2D eigenvalue weighted by atomic mass is 16.3. The zero-order valence-corrected chi connectivity index (χ0v) is 13.0. The first-order valence-corrected chi connectivity index (χ1v) is 7.47. The Labute approximate surface area is 126 Å². The number of aryl methyl sites for hydroxylation is 1. The summed E-state index contributed by atoms with van der Waals surface area (Å²) in [7, 11) is 0. The second kappa shape index (κ2) is 6.45. The zero-order chi connectivity index (χ0) is 15.6. The molecule has 2 rings (SSSR count). The van der Waals surface area contributed by atoms with Crippen LogP contribution in [0.5, 0.6) is 0 Å². The Morgan fingerprint density at radius 2 is 2.19 bits per heavy atom. The summed E-state index contributed by atoms with van der Waals surface area (Å²) in [6.45, 7) is 7.28. The van der Waals surface area contributed by atoms with Crippen molar-refractivity contribution in [2.75, 3.05) is 24.1 Å². The molecule has 0 saturated carbocycles. The SMILES string of the molecule is Cc1ccc(N)cc1NC(=O)C(C)N1CCC(C(C)O)C1. The molecule has 0 radical (unpaired) electrons. The third-order valence-electron chi connectivity index (χ3n) is 4.39. The van der Waals surface area contributed by atoms with Crippen LogP contribution in [-0.4, -0.2) is 41.1 Å². The van der Waals surface area contributed by atoms with E-state index in [0.717, 1.165) is 30.8 Å². The number of amides is 1. The van der Waals surface area contributed by atoms with Gasteiger partial charge in [0.1, 0.15) is 0 Å². The molecule has 1 fully saturated rings. The van der Waals surface area contributed by atoms with E-state index in [9.17, 15) is 9.90 Å². The molecular formula is C16H25N3O2. The van der Waals surface area contributed by atoms with E-state index in [2.05, 4.69) is 10.2 Å². The molecule has 0 aliphatic carbocycles. The minimum absolute atomic E-state index is 0.0325. The lowest BCUT2D eigenvalue weighted by Gasteiger charge is -2.24. The Kier molecular flexibility index (Phi) is 4.85. The van der Waals surface area contributed by atoms with Gasteiger partial charge < -0.3 is 16.2 Å². The number of benzene rings is 1. The average Bonchev–Trinajstić information content (AvgIpc) is 2.91. The van der Waals surface area contributed by atoms with Crippen LogP contribution in [0.4, 0.5) is 11.4 Å². The van der Waals surface area contributed by atoms with Gasteiger partial charge in [-0.05, 0) is 57.4 Å². The molecule has 4 N–H and O–H groups in total. The number of aliphatic hydroxyl groups excluding tert-OH is 1. The summed E-state index contributed by atoms with van der Waals surface area (Å²) in [5.41, 5.74) is 8.16. The fourth-order valence-corrected chi connectivity index (χ4v) is 2.74. The molecule has 1 saturated heterocycles. The fraction of sp³-hybridized carbons (Fsp3) is 0.562. The smallest absolute Gasteiger partial charge is 0.241 e. The van der Waals surface area contributed by atoms with Crippen LogP contribution >= 0.6 is 0 Å². The van der Waals surface area contributed by atoms with E-state index in [1.807, 2.05) is 32.9 Å². The lowest BCUT2D eigenvalue weighted by Crippen LogP contribution is -2.41. The highest BCUT2D eigenvalue weighted by Gasteiger charge is 2.31. The molecule has 0 bridgehead atoms. The molecule has 1 aliphatic rings. The van der Waals surface area contributed by atoms with Crippen molar-refractivity contribution in [1.82, 2.24) is 4.90 Å². The maximum absolute atomic E-state index is 12.4. The molecular weight excluding hydrogens is 266 g/mol. The van der Waals surface area contributed by atoms with Crippen LogP contribution in [0.2, 0.25) is 0 Å². The molecule has 1 heterocycles. The summed E-state index contributed by atoms with van der Waals surface area (Å²) in [5.74, 6) is 0.226. The Morgan fingerprint density at radius 1 is 1.48 bits per heavy atom. The number of aliphatic hydroxyl groups is 1. The number of nitrogens with one attached hydrogen (secondary N) is 1. The molecule has 116 valence electrons. The number of hydrogen-bond acceptors (Lipinski definition) is 4. The standard InChI is InChI=1S/C16H25N3O2/c1-10-4-5-14(17)8-15(10)18-16(21)11(2)19-7-6-13(9-19)12(3)20/h4-5,8,11-13,20H,6-7,9,17H2,1-3H3,(H,18,21). The van der Waals surface area contributed by atoms with E-state index in [0.29, 0.717) is 5.69 Å². The molecule has 1 amide bonds. The van der Waals surface area contributed by atoms with Crippen LogP contribution in [0, 0.1) is 12.8 Å². The van der Waals surface area contributed by atoms with Crippen LogP contribution in [-0.2, 0) is 4.79 Å². The Morgan fingerprint density at radius 3 is 2.81 bits per heavy atom. The second-order valence-corrected chi connectivity index (χ2v) is 6.02. The summed E-state index contributed by atoms with van der Waals surface area (Å²) in [6, 6.07) is 5.29. The third-order valence-corrected chi connectivity index (χ3v) is 4.39. The summed E-state index contributed by atoms with van der Waals surface area (Å²) < 4.78 is 0. The number of anilines is 2. The molecule has 3 atom stereocenters. The number of nitrogens with zero attached hydrogens (tertiary/aromatic N) is 1. The van der Waals surface area contributed by atoms with Crippen molar-refractivity contribution in [3.05, 3.63) is 23.8 Å². The molecule has 0 aromatic heterocycles. The monoisotopic (exact) mass is 291 g/mol. The Balaban J connectivity index is 1.99. The normalized spacial score (nSPS) is 22.0. The number of likely N-dealkylation sites (tertiary alicyclic amines) is 1. The number of rotatable bonds is 4. The van der Waals surface area contributed by atoms with Crippen molar-refractivity contribution in [2.45, 2.75) is 39.3 Å². The van der Waals surface area contributed by atoms with Crippen molar-refractivity contribution >= 4 is 17.3 Å². The molecule has 21 heavy (non-hydrogen) atoms. The van der Waals surface area contributed by atoms with Gasteiger partial charge in [0.05, 0.1) is 12.1 Å². The maximum atomic E-state index is 12.4. The van der Waals surface area contributed by atoms with Crippen LogP contribution in [0.1, 0.15) is 25.8 Å². The minimum Gasteiger partial charge on any atom is -0.399 e. The van der Waals surface area contributed by atoms with Crippen molar-refractivity contribution in [3.8, 4) is 0 Å². The highest BCUT2D eigenvalue weighted by molar-refractivity contribution is 5.95. The summed E-state index contributed by atoms with van der Waals surface area (Å²) in [5, 5.41) is 12.6. The van der Waals surface area contributed by atoms with Gasteiger partial charge in [0.25, 0.3) is 0 Å². The molecule has 3 unspecified atom stereocenters. The van der Waals surface area contributed by atoms with Crippen molar-refractivity contribution < 1.29 is 9.90 Å². The third kappa shape index (κ3) is 3.74. The lowest BCUT2D eigenvalue weighted by molar-refractivity contribution is -0.120. The highest BCUT2D eigenvalue weighted by Crippen LogP contribution is 2.23. The number of nitrogens with two attached hydrogens (primary N) is 1. The molecule has 5 heteroatoms. The van der Waals surface area contributed by atoms with Crippen LogP contribution < -0.4 is 11.1 Å². The Hall–Kier alpha value is -1.59. The van der Waals surface area contributed by atoms with Crippen LogP contribution in [0.15, 0.2) is 18.2 Å². The Bertz CT molecular complexity index is 516. The summed E-state index contributed by atoms with van der Waals surface area (Å²) in [6.07, 6.45) is 0.619. The van der Waals surface area contributed by atoms with Gasteiger partial charge in [-0.25, -0.2) is 0 Å². The summed E-state index contributed by atoms with van der Waals surface area (Å²) >= 11 is 0. The van der Waals surface area contributed by atoms with Gasteiger partial charge in [-0.2, -0.15) is 0 Å². The largest absolute Gasteiger partial charge is 0.399 e. The first kappa shape index (κ1) is 15.8. The molecule has 1 aromatic carbocycles. The van der Waals surface area contributed by atoms with Gasteiger partial charge in [0.2, 0.25) is 5.91 Å². The quantitative estimate of drug-likeness (QED) is 0.736.